The molecule has 0 saturated heterocycles. The minimum absolute atomic E-state index is 0. The van der Waals surface area contributed by atoms with Gasteiger partial charge in [0.25, 0.3) is 0 Å². The van der Waals surface area contributed by atoms with E-state index in [0.29, 0.717) is 12.8 Å². The number of aromatic nitrogens is 1. The maximum Gasteiger partial charge on any atom is 0.337 e. The van der Waals surface area contributed by atoms with Crippen molar-refractivity contribution in [2.45, 2.75) is 64.8 Å². The molecule has 3 atom stereocenters. The SMILES string of the molecule is CC(C)C[C@H](NC(=O)[C@@H](N)Cc1c[nH]c2ccccc12)C(O)C(=O)OC(C)C.Cl. The van der Waals surface area contributed by atoms with Crippen LogP contribution in [0.1, 0.15) is 39.7 Å². The van der Waals surface area contributed by atoms with E-state index in [1.54, 1.807) is 13.8 Å². The molecule has 1 unspecified atom stereocenters. The van der Waals surface area contributed by atoms with Crippen LogP contribution in [0.2, 0.25) is 0 Å². The number of benzene rings is 1. The average Bonchev–Trinajstić information content (AvgIpc) is 3.02. The number of ether oxygens (including phenoxy) is 1. The van der Waals surface area contributed by atoms with E-state index in [9.17, 15) is 14.7 Å². The van der Waals surface area contributed by atoms with Crippen molar-refractivity contribution in [2.24, 2.45) is 11.7 Å². The molecule has 1 amide bonds. The lowest BCUT2D eigenvalue weighted by molar-refractivity contribution is -0.159. The summed E-state index contributed by atoms with van der Waals surface area (Å²) in [4.78, 5) is 27.9. The summed E-state index contributed by atoms with van der Waals surface area (Å²) >= 11 is 0. The van der Waals surface area contributed by atoms with Gasteiger partial charge in [0.05, 0.1) is 18.2 Å². The average molecular weight is 426 g/mol. The summed E-state index contributed by atoms with van der Waals surface area (Å²) in [5, 5.41) is 14.1. The molecule has 0 aliphatic rings. The first-order valence-corrected chi connectivity index (χ1v) is 9.68. The van der Waals surface area contributed by atoms with Gasteiger partial charge in [-0.2, -0.15) is 0 Å². The van der Waals surface area contributed by atoms with E-state index < -0.39 is 30.1 Å². The first kappa shape index (κ1) is 24.9. The Kier molecular flexibility index (Phi) is 9.62. The molecular weight excluding hydrogens is 394 g/mol. The van der Waals surface area contributed by atoms with Crippen molar-refractivity contribution in [3.05, 3.63) is 36.0 Å². The largest absolute Gasteiger partial charge is 0.461 e. The zero-order valence-electron chi connectivity index (χ0n) is 17.3. The topological polar surface area (TPSA) is 117 Å². The number of hydrogen-bond acceptors (Lipinski definition) is 5. The Hall–Kier alpha value is -2.09. The molecule has 29 heavy (non-hydrogen) atoms. The molecule has 0 radical (unpaired) electrons. The molecule has 2 aromatic rings. The van der Waals surface area contributed by atoms with Crippen LogP contribution in [0.15, 0.2) is 30.5 Å². The van der Waals surface area contributed by atoms with Crippen LogP contribution in [-0.2, 0) is 20.7 Å². The van der Waals surface area contributed by atoms with Gasteiger partial charge in [-0.1, -0.05) is 32.0 Å². The van der Waals surface area contributed by atoms with Gasteiger partial charge in [-0.3, -0.25) is 4.79 Å². The van der Waals surface area contributed by atoms with Gasteiger partial charge >= 0.3 is 5.97 Å². The van der Waals surface area contributed by atoms with Gasteiger partial charge in [-0.05, 0) is 44.2 Å². The fraction of sp³-hybridized carbons (Fsp3) is 0.524. The molecule has 0 spiro atoms. The normalized spacial score (nSPS) is 14.3. The number of fused-ring (bicyclic) bond motifs is 1. The summed E-state index contributed by atoms with van der Waals surface area (Å²) in [6.07, 6.45) is 0.838. The number of aromatic amines is 1. The van der Waals surface area contributed by atoms with E-state index in [1.807, 2.05) is 44.3 Å². The van der Waals surface area contributed by atoms with Crippen molar-refractivity contribution >= 4 is 35.2 Å². The standard InChI is InChI=1S/C21H31N3O4.ClH/c1-12(2)9-18(19(25)21(27)28-13(3)4)24-20(26)16(22)10-14-11-23-17-8-6-5-7-15(14)17;/h5-8,11-13,16,18-19,23,25H,9-10,22H2,1-4H3,(H,24,26);1H/t16-,18-,19?;/m0./s1. The number of nitrogens with one attached hydrogen (secondary N) is 2. The van der Waals surface area contributed by atoms with E-state index in [4.69, 9.17) is 10.5 Å². The Morgan fingerprint density at radius 2 is 1.86 bits per heavy atom. The lowest BCUT2D eigenvalue weighted by Gasteiger charge is -2.26. The minimum Gasteiger partial charge on any atom is -0.461 e. The molecule has 1 aromatic heterocycles. The third kappa shape index (κ3) is 7.03. The van der Waals surface area contributed by atoms with E-state index in [0.717, 1.165) is 16.5 Å². The third-order valence-electron chi connectivity index (χ3n) is 4.48. The van der Waals surface area contributed by atoms with Crippen molar-refractivity contribution in [3.63, 3.8) is 0 Å². The molecule has 1 aromatic carbocycles. The molecule has 0 fully saturated rings. The van der Waals surface area contributed by atoms with Crippen LogP contribution in [0.4, 0.5) is 0 Å². The van der Waals surface area contributed by atoms with Gasteiger partial charge in [0.2, 0.25) is 5.91 Å². The summed E-state index contributed by atoms with van der Waals surface area (Å²) in [6, 6.07) is 6.23. The first-order valence-electron chi connectivity index (χ1n) is 9.68. The first-order chi connectivity index (χ1) is 13.2. The van der Waals surface area contributed by atoms with Crippen molar-refractivity contribution < 1.29 is 19.4 Å². The molecule has 0 saturated carbocycles. The smallest absolute Gasteiger partial charge is 0.337 e. The van der Waals surface area contributed by atoms with Crippen molar-refractivity contribution in [1.29, 1.82) is 0 Å². The highest BCUT2D eigenvalue weighted by Crippen LogP contribution is 2.19. The monoisotopic (exact) mass is 425 g/mol. The van der Waals surface area contributed by atoms with E-state index >= 15 is 0 Å². The molecule has 162 valence electrons. The van der Waals surface area contributed by atoms with Crippen molar-refractivity contribution in [1.82, 2.24) is 10.3 Å². The second-order valence-electron chi connectivity index (χ2n) is 7.85. The summed E-state index contributed by atoms with van der Waals surface area (Å²) < 4.78 is 5.07. The van der Waals surface area contributed by atoms with E-state index in [2.05, 4.69) is 10.3 Å². The summed E-state index contributed by atoms with van der Waals surface area (Å²) in [5.74, 6) is -0.991. The number of hydrogen-bond donors (Lipinski definition) is 4. The van der Waals surface area contributed by atoms with Gasteiger partial charge in [0.1, 0.15) is 0 Å². The van der Waals surface area contributed by atoms with Crippen LogP contribution >= 0.6 is 12.4 Å². The van der Waals surface area contributed by atoms with Crippen LogP contribution in [-0.4, -0.2) is 46.3 Å². The summed E-state index contributed by atoms with van der Waals surface area (Å²) in [6.45, 7) is 7.31. The number of aliphatic hydroxyl groups excluding tert-OH is 1. The van der Waals surface area contributed by atoms with Crippen LogP contribution in [0.5, 0.6) is 0 Å². The zero-order chi connectivity index (χ0) is 20.8. The highest BCUT2D eigenvalue weighted by atomic mass is 35.5. The summed E-state index contributed by atoms with van der Waals surface area (Å²) in [7, 11) is 0. The van der Waals surface area contributed by atoms with Crippen LogP contribution in [0.3, 0.4) is 0 Å². The molecule has 8 heteroatoms. The Bertz CT molecular complexity index is 806. The second kappa shape index (κ2) is 11.2. The number of para-hydroxylation sites is 1. The van der Waals surface area contributed by atoms with Crippen LogP contribution < -0.4 is 11.1 Å². The van der Waals surface area contributed by atoms with Gasteiger partial charge in [-0.15, -0.1) is 12.4 Å². The predicted molar refractivity (Wildman–Crippen MR) is 116 cm³/mol. The van der Waals surface area contributed by atoms with Gasteiger partial charge < -0.3 is 25.9 Å². The number of aliphatic hydroxyl groups is 1. The van der Waals surface area contributed by atoms with E-state index in [-0.39, 0.29) is 24.4 Å². The quantitative estimate of drug-likeness (QED) is 0.460. The maximum atomic E-state index is 12.6. The maximum absolute atomic E-state index is 12.6. The number of halogens is 1. The van der Waals surface area contributed by atoms with Gasteiger partial charge in [0, 0.05) is 17.1 Å². The number of carbonyl (C=O) groups excluding carboxylic acids is 2. The van der Waals surface area contributed by atoms with Crippen LogP contribution in [0, 0.1) is 5.92 Å². The van der Waals surface area contributed by atoms with Gasteiger partial charge in [-0.25, -0.2) is 4.79 Å². The highest BCUT2D eigenvalue weighted by Gasteiger charge is 2.31. The minimum atomic E-state index is -1.44. The summed E-state index contributed by atoms with van der Waals surface area (Å²) in [5.41, 5.74) is 8.04. The molecule has 7 nitrogen and oxygen atoms in total. The van der Waals surface area contributed by atoms with Crippen molar-refractivity contribution in [2.75, 3.05) is 0 Å². The Balaban J connectivity index is 0.00000420. The van der Waals surface area contributed by atoms with Crippen LogP contribution in [0.25, 0.3) is 10.9 Å². The highest BCUT2D eigenvalue weighted by molar-refractivity contribution is 5.87. The second-order valence-corrected chi connectivity index (χ2v) is 7.85. The molecule has 0 aliphatic carbocycles. The molecule has 5 N–H and O–H groups in total. The number of nitrogens with two attached hydrogens (primary N) is 1. The number of rotatable bonds is 9. The van der Waals surface area contributed by atoms with E-state index in [1.165, 1.54) is 0 Å². The number of H-pyrrole nitrogens is 1. The molecular formula is C21H32ClN3O4. The number of esters is 1. The van der Waals surface area contributed by atoms with Gasteiger partial charge in [0.15, 0.2) is 6.10 Å². The Morgan fingerprint density at radius 1 is 1.21 bits per heavy atom. The molecule has 1 heterocycles. The molecule has 2 rings (SSSR count). The number of amides is 1. The fourth-order valence-electron chi connectivity index (χ4n) is 3.16. The fourth-order valence-corrected chi connectivity index (χ4v) is 3.16. The predicted octanol–water partition coefficient (Wildman–Crippen LogP) is 2.30. The lowest BCUT2D eigenvalue weighted by Crippen LogP contribution is -2.53. The van der Waals surface area contributed by atoms with Crippen molar-refractivity contribution in [3.8, 4) is 0 Å². The Morgan fingerprint density at radius 3 is 2.48 bits per heavy atom. The Labute approximate surface area is 177 Å². The third-order valence-corrected chi connectivity index (χ3v) is 4.48. The lowest BCUT2D eigenvalue weighted by atomic mass is 9.98. The molecule has 0 aliphatic heterocycles. The number of carbonyl (C=O) groups is 2. The molecule has 0 bridgehead atoms. The zero-order valence-corrected chi connectivity index (χ0v) is 18.2.